The van der Waals surface area contributed by atoms with E-state index in [9.17, 15) is 9.90 Å². The number of phenols is 1. The molecule has 0 aliphatic heterocycles. The predicted molar refractivity (Wildman–Crippen MR) is 140 cm³/mol. The molecule has 0 saturated carbocycles. The van der Waals surface area contributed by atoms with Gasteiger partial charge in [-0.2, -0.15) is 0 Å². The molecule has 0 spiro atoms. The van der Waals surface area contributed by atoms with Crippen molar-refractivity contribution in [3.8, 4) is 28.1 Å². The number of nitrogens with zero attached hydrogens (tertiary/aromatic N) is 2. The molecule has 1 atom stereocenters. The third kappa shape index (κ3) is 6.93. The van der Waals surface area contributed by atoms with Gasteiger partial charge in [-0.15, -0.1) is 5.10 Å². The molecule has 1 aromatic heterocycles. The number of benzene rings is 2. The summed E-state index contributed by atoms with van der Waals surface area (Å²) in [4.78, 5) is 12.5. The summed E-state index contributed by atoms with van der Waals surface area (Å²) >= 11 is 0. The number of H-pyrrole nitrogens is 1. The lowest BCUT2D eigenvalue weighted by molar-refractivity contribution is -0.145. The Labute approximate surface area is 209 Å². The molecular formula is C29H39N3O3. The van der Waals surface area contributed by atoms with Crippen molar-refractivity contribution in [1.29, 1.82) is 0 Å². The van der Waals surface area contributed by atoms with Crippen LogP contribution in [0.25, 0.3) is 22.4 Å². The van der Waals surface area contributed by atoms with E-state index in [1.165, 1.54) is 0 Å². The Bertz CT molecular complexity index is 1100. The van der Waals surface area contributed by atoms with E-state index in [1.54, 1.807) is 6.20 Å². The number of hydrogen-bond donors (Lipinski definition) is 2. The number of aromatic hydroxyl groups is 1. The Hall–Kier alpha value is -3.15. The van der Waals surface area contributed by atoms with Crippen LogP contribution in [0.4, 0.5) is 0 Å². The fraction of sp³-hybridized carbons (Fsp3) is 0.483. The predicted octanol–water partition coefficient (Wildman–Crippen LogP) is 6.83. The van der Waals surface area contributed by atoms with E-state index in [-0.39, 0.29) is 17.1 Å². The quantitative estimate of drug-likeness (QED) is 0.295. The number of phenolic OH excluding ortho intramolecular Hbond substituents is 1. The molecule has 6 nitrogen and oxygen atoms in total. The van der Waals surface area contributed by atoms with Crippen LogP contribution >= 0.6 is 0 Å². The molecule has 35 heavy (non-hydrogen) atoms. The van der Waals surface area contributed by atoms with Crippen LogP contribution in [0.15, 0.2) is 42.6 Å². The molecule has 3 aromatic rings. The van der Waals surface area contributed by atoms with Gasteiger partial charge in [-0.3, -0.25) is 9.89 Å². The summed E-state index contributed by atoms with van der Waals surface area (Å²) in [6, 6.07) is 11.8. The fourth-order valence-electron chi connectivity index (χ4n) is 4.32. The van der Waals surface area contributed by atoms with Crippen LogP contribution in [0.2, 0.25) is 0 Å². The van der Waals surface area contributed by atoms with Crippen LogP contribution in [-0.4, -0.2) is 33.1 Å². The lowest BCUT2D eigenvalue weighted by Crippen LogP contribution is -2.15. The van der Waals surface area contributed by atoms with E-state index in [4.69, 9.17) is 4.74 Å². The number of hydrogen-bond acceptors (Lipinski definition) is 5. The Morgan fingerprint density at radius 3 is 2.49 bits per heavy atom. The monoisotopic (exact) mass is 477 g/mol. The van der Waals surface area contributed by atoms with Gasteiger partial charge in [0.15, 0.2) is 0 Å². The molecule has 0 fully saturated rings. The van der Waals surface area contributed by atoms with Crippen LogP contribution in [0.1, 0.15) is 77.8 Å². The van der Waals surface area contributed by atoms with Crippen molar-refractivity contribution in [1.82, 2.24) is 15.4 Å². The Kier molecular flexibility index (Phi) is 9.07. The highest BCUT2D eigenvalue weighted by atomic mass is 16.5. The van der Waals surface area contributed by atoms with Gasteiger partial charge >= 0.3 is 5.97 Å². The molecule has 0 radical (unpaired) electrons. The van der Waals surface area contributed by atoms with Gasteiger partial charge in [-0.1, -0.05) is 89.4 Å². The summed E-state index contributed by atoms with van der Waals surface area (Å²) in [6.07, 6.45) is 7.04. The zero-order valence-corrected chi connectivity index (χ0v) is 21.7. The summed E-state index contributed by atoms with van der Waals surface area (Å²) in [5.74, 6) is 0.510. The van der Waals surface area contributed by atoms with Crippen molar-refractivity contribution in [3.63, 3.8) is 0 Å². The van der Waals surface area contributed by atoms with Crippen molar-refractivity contribution in [2.24, 2.45) is 5.92 Å². The number of rotatable bonds is 11. The lowest BCUT2D eigenvalue weighted by atomic mass is 9.82. The van der Waals surface area contributed by atoms with E-state index in [1.807, 2.05) is 36.4 Å². The standard InChI is InChI=1S/C29H39N3O3/c1-6-8-11-20(7-2)19-35-27(33)15-14-21-16-24(28(34)25(17-21)29(3,4)5)22-12-9-10-13-23(22)26-18-30-32-31-26/h9-10,12-13,16-18,20,34H,6-8,11,14-15,19H2,1-5H3,(H,30,31,32). The molecule has 1 unspecified atom stereocenters. The zero-order chi connectivity index (χ0) is 25.4. The number of aromatic nitrogens is 3. The van der Waals surface area contributed by atoms with Gasteiger partial charge in [0, 0.05) is 23.1 Å². The molecule has 0 aliphatic rings. The number of carbonyl (C=O) groups is 1. The van der Waals surface area contributed by atoms with Crippen LogP contribution in [0, 0.1) is 5.92 Å². The first-order valence-corrected chi connectivity index (χ1v) is 12.7. The third-order valence-electron chi connectivity index (χ3n) is 6.53. The summed E-state index contributed by atoms with van der Waals surface area (Å²) in [5, 5.41) is 22.1. The summed E-state index contributed by atoms with van der Waals surface area (Å²) in [6.45, 7) is 11.1. The average Bonchev–Trinajstić information content (AvgIpc) is 3.37. The van der Waals surface area contributed by atoms with E-state index in [0.717, 1.165) is 53.5 Å². The topological polar surface area (TPSA) is 88.1 Å². The molecule has 0 aliphatic carbocycles. The normalized spacial score (nSPS) is 12.5. The van der Waals surface area contributed by atoms with Gasteiger partial charge in [0.05, 0.1) is 12.8 Å². The van der Waals surface area contributed by atoms with Crippen LogP contribution in [-0.2, 0) is 21.4 Å². The maximum atomic E-state index is 12.5. The Morgan fingerprint density at radius 1 is 1.11 bits per heavy atom. The van der Waals surface area contributed by atoms with Gasteiger partial charge in [0.2, 0.25) is 0 Å². The largest absolute Gasteiger partial charge is 0.507 e. The van der Waals surface area contributed by atoms with E-state index in [0.29, 0.717) is 31.1 Å². The molecule has 188 valence electrons. The van der Waals surface area contributed by atoms with Crippen molar-refractivity contribution in [3.05, 3.63) is 53.7 Å². The van der Waals surface area contributed by atoms with Crippen LogP contribution in [0.3, 0.4) is 0 Å². The summed E-state index contributed by atoms with van der Waals surface area (Å²) < 4.78 is 5.61. The fourth-order valence-corrected chi connectivity index (χ4v) is 4.32. The average molecular weight is 478 g/mol. The number of unbranched alkanes of at least 4 members (excludes halogenated alkanes) is 1. The number of nitrogens with one attached hydrogen (secondary N) is 1. The number of ether oxygens (including phenoxy) is 1. The second kappa shape index (κ2) is 12.0. The Balaban J connectivity index is 1.86. The minimum absolute atomic E-state index is 0.171. The highest BCUT2D eigenvalue weighted by molar-refractivity contribution is 5.85. The van der Waals surface area contributed by atoms with E-state index in [2.05, 4.69) is 50.0 Å². The van der Waals surface area contributed by atoms with Gasteiger partial charge in [0.25, 0.3) is 0 Å². The second-order valence-electron chi connectivity index (χ2n) is 10.3. The van der Waals surface area contributed by atoms with Crippen molar-refractivity contribution in [2.75, 3.05) is 6.61 Å². The first kappa shape index (κ1) is 26.5. The van der Waals surface area contributed by atoms with Crippen molar-refractivity contribution < 1.29 is 14.6 Å². The molecule has 0 saturated heterocycles. The highest BCUT2D eigenvalue weighted by Crippen LogP contribution is 2.42. The molecule has 3 rings (SSSR count). The molecule has 6 heteroatoms. The lowest BCUT2D eigenvalue weighted by Gasteiger charge is -2.24. The van der Waals surface area contributed by atoms with Gasteiger partial charge in [0.1, 0.15) is 11.4 Å². The van der Waals surface area contributed by atoms with Crippen molar-refractivity contribution in [2.45, 2.75) is 78.6 Å². The zero-order valence-electron chi connectivity index (χ0n) is 21.7. The first-order chi connectivity index (χ1) is 16.7. The third-order valence-corrected chi connectivity index (χ3v) is 6.53. The molecule has 0 bridgehead atoms. The van der Waals surface area contributed by atoms with E-state index < -0.39 is 0 Å². The maximum absolute atomic E-state index is 12.5. The molecule has 2 N–H and O–H groups in total. The highest BCUT2D eigenvalue weighted by Gasteiger charge is 2.24. The molecule has 2 aromatic carbocycles. The van der Waals surface area contributed by atoms with Crippen LogP contribution < -0.4 is 0 Å². The minimum atomic E-state index is -0.272. The Morgan fingerprint density at radius 2 is 1.86 bits per heavy atom. The summed E-state index contributed by atoms with van der Waals surface area (Å²) in [7, 11) is 0. The molecular weight excluding hydrogens is 438 g/mol. The smallest absolute Gasteiger partial charge is 0.306 e. The van der Waals surface area contributed by atoms with E-state index >= 15 is 0 Å². The number of aryl methyl sites for hydroxylation is 1. The van der Waals surface area contributed by atoms with Crippen LogP contribution in [0.5, 0.6) is 5.75 Å². The van der Waals surface area contributed by atoms with Crippen molar-refractivity contribution >= 4 is 5.97 Å². The number of aromatic amines is 1. The van der Waals surface area contributed by atoms with Gasteiger partial charge in [-0.05, 0) is 41.4 Å². The van der Waals surface area contributed by atoms with Gasteiger partial charge < -0.3 is 9.84 Å². The van der Waals surface area contributed by atoms with Gasteiger partial charge in [-0.25, -0.2) is 0 Å². The SMILES string of the molecule is CCCCC(CC)COC(=O)CCc1cc(-c2ccccc2-c2c[nH]nn2)c(O)c(C(C)(C)C)c1. The number of carbonyl (C=O) groups excluding carboxylic acids is 1. The minimum Gasteiger partial charge on any atom is -0.507 e. The second-order valence-corrected chi connectivity index (χ2v) is 10.3. The molecule has 0 amide bonds. The first-order valence-electron chi connectivity index (χ1n) is 12.7. The number of esters is 1. The summed E-state index contributed by atoms with van der Waals surface area (Å²) in [5.41, 5.74) is 4.75. The molecule has 1 heterocycles. The maximum Gasteiger partial charge on any atom is 0.306 e.